The smallest absolute Gasteiger partial charge is 0.338 e. The number of ether oxygens (including phenoxy) is 1. The third-order valence-corrected chi connectivity index (χ3v) is 13.2. The van der Waals surface area contributed by atoms with Gasteiger partial charge in [0.1, 0.15) is 6.10 Å². The molecule has 1 aromatic carbocycles. The molecule has 3 rings (SSSR count). The van der Waals surface area contributed by atoms with Crippen LogP contribution in [0.2, 0.25) is 18.1 Å². The molecule has 150 valence electrons. The predicted molar refractivity (Wildman–Crippen MR) is 112 cm³/mol. The molecule has 4 atom stereocenters. The van der Waals surface area contributed by atoms with Crippen LogP contribution in [0.25, 0.3) is 0 Å². The van der Waals surface area contributed by atoms with Crippen molar-refractivity contribution in [3.63, 3.8) is 0 Å². The number of esters is 1. The number of rotatable bonds is 4. The maximum Gasteiger partial charge on any atom is 0.338 e. The van der Waals surface area contributed by atoms with E-state index in [1.807, 2.05) is 18.2 Å². The first-order valence-corrected chi connectivity index (χ1v) is 14.1. The highest BCUT2D eigenvalue weighted by molar-refractivity contribution is 7.86. The Morgan fingerprint density at radius 2 is 1.89 bits per heavy atom. The van der Waals surface area contributed by atoms with Crippen molar-refractivity contribution in [2.75, 3.05) is 5.75 Å². The summed E-state index contributed by atoms with van der Waals surface area (Å²) >= 11 is 0. The molecule has 1 aliphatic heterocycles. The Hall–Kier alpha value is -0.983. The van der Waals surface area contributed by atoms with Crippen molar-refractivity contribution in [1.82, 2.24) is 0 Å². The zero-order valence-corrected chi connectivity index (χ0v) is 18.9. The first kappa shape index (κ1) is 20.7. The van der Waals surface area contributed by atoms with E-state index in [0.29, 0.717) is 17.7 Å². The van der Waals surface area contributed by atoms with Crippen LogP contribution in [-0.2, 0) is 20.0 Å². The summed E-state index contributed by atoms with van der Waals surface area (Å²) in [4.78, 5) is 12.4. The fourth-order valence-corrected chi connectivity index (χ4v) is 7.50. The summed E-state index contributed by atoms with van der Waals surface area (Å²) in [5, 5.41) is 0.121. The highest BCUT2D eigenvalue weighted by Crippen LogP contribution is 2.49. The fourth-order valence-electron chi connectivity index (χ4n) is 3.94. The molecule has 1 spiro atoms. The van der Waals surface area contributed by atoms with Crippen LogP contribution >= 0.6 is 0 Å². The standard InChI is InChI=1S/C21H32O4SSi/c1-20(2,3)27(4,5)25-18-12-9-13-21(18)14-17(15-26(21)23)24-19(22)16-10-7-6-8-11-16/h6-8,10-11,17-18H,9,12-15H2,1-5H3/t17-,18+,21-,26?/m0/s1. The molecule has 1 heterocycles. The van der Waals surface area contributed by atoms with Crippen molar-refractivity contribution < 1.29 is 18.2 Å². The highest BCUT2D eigenvalue weighted by Gasteiger charge is 2.57. The summed E-state index contributed by atoms with van der Waals surface area (Å²) in [6, 6.07) is 9.03. The molecule has 1 unspecified atom stereocenters. The van der Waals surface area contributed by atoms with Crippen LogP contribution in [0.4, 0.5) is 0 Å². The summed E-state index contributed by atoms with van der Waals surface area (Å²) in [7, 11) is -2.97. The lowest BCUT2D eigenvalue weighted by Crippen LogP contribution is -2.50. The first-order chi connectivity index (χ1) is 12.6. The zero-order valence-electron chi connectivity index (χ0n) is 17.1. The van der Waals surface area contributed by atoms with E-state index in [4.69, 9.17) is 9.16 Å². The minimum atomic E-state index is -1.94. The van der Waals surface area contributed by atoms with Crippen LogP contribution in [-0.4, -0.2) is 41.2 Å². The van der Waals surface area contributed by atoms with Crippen molar-refractivity contribution in [2.45, 2.75) is 81.5 Å². The Bertz CT molecular complexity index is 713. The molecule has 1 aliphatic carbocycles. The maximum absolute atomic E-state index is 13.1. The van der Waals surface area contributed by atoms with Crippen molar-refractivity contribution in [2.24, 2.45) is 0 Å². The van der Waals surface area contributed by atoms with Crippen LogP contribution in [0, 0.1) is 0 Å². The molecule has 0 radical (unpaired) electrons. The van der Waals surface area contributed by atoms with Gasteiger partial charge in [0.25, 0.3) is 0 Å². The van der Waals surface area contributed by atoms with Gasteiger partial charge < -0.3 is 9.16 Å². The summed E-state index contributed by atoms with van der Waals surface area (Å²) in [6.45, 7) is 11.2. The van der Waals surface area contributed by atoms with E-state index in [9.17, 15) is 9.00 Å². The number of carbonyl (C=O) groups is 1. The lowest BCUT2D eigenvalue weighted by atomic mass is 9.98. The third-order valence-electron chi connectivity index (χ3n) is 6.54. The SMILES string of the molecule is CC(C)(C)[Si](C)(C)O[C@@H]1CCC[C@]12C[C@H](OC(=O)c1ccccc1)CS2=O. The van der Waals surface area contributed by atoms with Gasteiger partial charge in [0.05, 0.1) is 22.2 Å². The van der Waals surface area contributed by atoms with Gasteiger partial charge in [-0.1, -0.05) is 39.0 Å². The topological polar surface area (TPSA) is 52.6 Å². The molecule has 1 saturated carbocycles. The molecule has 6 heteroatoms. The molecule has 1 aromatic rings. The molecule has 0 aromatic heterocycles. The van der Waals surface area contributed by atoms with Crippen LogP contribution in [0.5, 0.6) is 0 Å². The van der Waals surface area contributed by atoms with Gasteiger partial charge in [0, 0.05) is 17.2 Å². The number of benzene rings is 1. The monoisotopic (exact) mass is 408 g/mol. The molecular weight excluding hydrogens is 376 g/mol. The van der Waals surface area contributed by atoms with Crippen molar-refractivity contribution in [3.8, 4) is 0 Å². The molecule has 0 bridgehead atoms. The van der Waals surface area contributed by atoms with Crippen molar-refractivity contribution >= 4 is 25.1 Å². The van der Waals surface area contributed by atoms with E-state index in [1.165, 1.54) is 0 Å². The summed E-state index contributed by atoms with van der Waals surface area (Å²) in [6.07, 6.45) is 3.26. The van der Waals surface area contributed by atoms with Crippen LogP contribution in [0.1, 0.15) is 56.8 Å². The Kier molecular flexibility index (Phi) is 5.72. The molecule has 27 heavy (non-hydrogen) atoms. The number of carbonyl (C=O) groups excluding carboxylic acids is 1. The van der Waals surface area contributed by atoms with E-state index in [0.717, 1.165) is 19.3 Å². The van der Waals surface area contributed by atoms with Gasteiger partial charge in [0.15, 0.2) is 8.32 Å². The zero-order chi connectivity index (χ0) is 19.9. The van der Waals surface area contributed by atoms with E-state index in [2.05, 4.69) is 33.9 Å². The second-order valence-electron chi connectivity index (χ2n) is 9.43. The number of hydrogen-bond donors (Lipinski definition) is 0. The van der Waals surface area contributed by atoms with Gasteiger partial charge >= 0.3 is 5.97 Å². The predicted octanol–water partition coefficient (Wildman–Crippen LogP) is 4.68. The van der Waals surface area contributed by atoms with E-state index in [1.54, 1.807) is 12.1 Å². The molecule has 0 N–H and O–H groups in total. The van der Waals surface area contributed by atoms with Gasteiger partial charge in [-0.05, 0) is 49.5 Å². The average Bonchev–Trinajstić information content (AvgIpc) is 3.11. The molecule has 4 nitrogen and oxygen atoms in total. The first-order valence-electron chi connectivity index (χ1n) is 9.87. The van der Waals surface area contributed by atoms with Gasteiger partial charge in [0.2, 0.25) is 0 Å². The average molecular weight is 409 g/mol. The van der Waals surface area contributed by atoms with Crippen LogP contribution in [0.15, 0.2) is 30.3 Å². The molecule has 1 saturated heterocycles. The second kappa shape index (κ2) is 7.45. The van der Waals surface area contributed by atoms with Crippen LogP contribution in [0.3, 0.4) is 0 Å². The molecule has 2 fully saturated rings. The largest absolute Gasteiger partial charge is 0.458 e. The highest BCUT2D eigenvalue weighted by atomic mass is 32.2. The molecular formula is C21H32O4SSi. The minimum Gasteiger partial charge on any atom is -0.458 e. The fraction of sp³-hybridized carbons (Fsp3) is 0.667. The maximum atomic E-state index is 13.1. The van der Waals surface area contributed by atoms with Gasteiger partial charge in [-0.3, -0.25) is 4.21 Å². The Morgan fingerprint density at radius 1 is 1.22 bits per heavy atom. The lowest BCUT2D eigenvalue weighted by Gasteiger charge is -2.42. The number of hydrogen-bond acceptors (Lipinski definition) is 4. The lowest BCUT2D eigenvalue weighted by molar-refractivity contribution is 0.0301. The second-order valence-corrected chi connectivity index (χ2v) is 16.0. The Morgan fingerprint density at radius 3 is 2.52 bits per heavy atom. The Labute approximate surface area is 166 Å². The quantitative estimate of drug-likeness (QED) is 0.536. The normalized spacial score (nSPS) is 31.4. The van der Waals surface area contributed by atoms with Crippen LogP contribution < -0.4 is 0 Å². The van der Waals surface area contributed by atoms with E-state index < -0.39 is 19.1 Å². The van der Waals surface area contributed by atoms with E-state index >= 15 is 0 Å². The Balaban J connectivity index is 1.72. The molecule has 0 amide bonds. The van der Waals surface area contributed by atoms with Gasteiger partial charge in [-0.15, -0.1) is 0 Å². The minimum absolute atomic E-state index is 0.0136. The van der Waals surface area contributed by atoms with Gasteiger partial charge in [-0.2, -0.15) is 0 Å². The van der Waals surface area contributed by atoms with Crippen molar-refractivity contribution in [3.05, 3.63) is 35.9 Å². The van der Waals surface area contributed by atoms with E-state index in [-0.39, 0.29) is 28.0 Å². The summed E-state index contributed by atoms with van der Waals surface area (Å²) in [5.41, 5.74) is 0.546. The van der Waals surface area contributed by atoms with Gasteiger partial charge in [-0.25, -0.2) is 4.79 Å². The summed E-state index contributed by atoms with van der Waals surface area (Å²) < 4.78 is 25.2. The molecule has 2 aliphatic rings. The van der Waals surface area contributed by atoms with Crippen molar-refractivity contribution in [1.29, 1.82) is 0 Å². The summed E-state index contributed by atoms with van der Waals surface area (Å²) in [5.74, 6) is 0.102. The third kappa shape index (κ3) is 4.08.